The average molecular weight is 375 g/mol. The molecule has 134 valence electrons. The van der Waals surface area contributed by atoms with Gasteiger partial charge in [0.15, 0.2) is 0 Å². The summed E-state index contributed by atoms with van der Waals surface area (Å²) in [5.74, 6) is 0.259. The van der Waals surface area contributed by atoms with E-state index in [9.17, 15) is 4.79 Å². The quantitative estimate of drug-likeness (QED) is 0.477. The summed E-state index contributed by atoms with van der Waals surface area (Å²) in [6.07, 6.45) is 4.63. The summed E-state index contributed by atoms with van der Waals surface area (Å²) in [6, 6.07) is 21.5. The number of hydrogen-bond acceptors (Lipinski definition) is 5. The minimum atomic E-state index is -0.185. The van der Waals surface area contributed by atoms with Gasteiger partial charge in [-0.15, -0.1) is 21.5 Å². The highest BCUT2D eigenvalue weighted by atomic mass is 32.1. The molecule has 0 atom stereocenters. The van der Waals surface area contributed by atoms with Crippen LogP contribution in [-0.4, -0.2) is 16.1 Å². The minimum Gasteiger partial charge on any atom is -0.423 e. The molecule has 0 unspecified atom stereocenters. The summed E-state index contributed by atoms with van der Waals surface area (Å²) in [6.45, 7) is 0. The Kier molecular flexibility index (Phi) is 4.89. The van der Waals surface area contributed by atoms with Gasteiger partial charge in [0, 0.05) is 28.5 Å². The van der Waals surface area contributed by atoms with Crippen molar-refractivity contribution in [2.75, 3.05) is 5.32 Å². The van der Waals surface area contributed by atoms with E-state index in [-0.39, 0.29) is 7.33 Å². The van der Waals surface area contributed by atoms with E-state index in [1.54, 1.807) is 23.5 Å². The molecule has 4 aromatic rings. The van der Waals surface area contributed by atoms with Crippen LogP contribution in [0.2, 0.25) is 0 Å². The number of nitrogens with zero attached hydrogens (tertiary/aromatic N) is 2. The molecule has 0 aliphatic rings. The number of aromatic nitrogens is 2. The summed E-state index contributed by atoms with van der Waals surface area (Å²) in [5.41, 5.74) is 2.67. The molecule has 2 aromatic heterocycles. The number of hydrogen-bond donors (Lipinski definition) is 1. The first-order valence-corrected chi connectivity index (χ1v) is 9.10. The van der Waals surface area contributed by atoms with Crippen molar-refractivity contribution in [1.82, 2.24) is 10.2 Å². The zero-order valence-corrected chi connectivity index (χ0v) is 15.0. The number of benzene rings is 2. The summed E-state index contributed by atoms with van der Waals surface area (Å²) >= 11 is 1.64. The van der Waals surface area contributed by atoms with Crippen LogP contribution in [0.15, 0.2) is 83.6 Å². The third kappa shape index (κ3) is 4.19. The topological polar surface area (TPSA) is 68.0 Å². The van der Waals surface area contributed by atoms with Gasteiger partial charge in [-0.25, -0.2) is 0 Å². The Hall–Kier alpha value is -3.51. The Bertz CT molecular complexity index is 1060. The molecule has 5 nitrogen and oxygen atoms in total. The molecule has 0 aliphatic heterocycles. The van der Waals surface area contributed by atoms with E-state index in [1.165, 1.54) is 22.9 Å². The van der Waals surface area contributed by atoms with Gasteiger partial charge in [0.1, 0.15) is 0 Å². The van der Waals surface area contributed by atoms with Crippen LogP contribution in [0.1, 0.15) is 6.30 Å². The molecule has 0 radical (unpaired) electrons. The molecule has 2 aromatic carbocycles. The lowest BCUT2D eigenvalue weighted by Gasteiger charge is -2.02. The van der Waals surface area contributed by atoms with Crippen molar-refractivity contribution in [3.63, 3.8) is 0 Å². The number of nitrogens with one attached hydrogen (secondary N) is 1. The molecule has 0 aliphatic carbocycles. The fraction of sp³-hybridized carbons (Fsp3) is 0. The molecular weight excluding hydrogens is 358 g/mol. The lowest BCUT2D eigenvalue weighted by molar-refractivity contribution is -0.111. The van der Waals surface area contributed by atoms with E-state index >= 15 is 0 Å². The fourth-order valence-electron chi connectivity index (χ4n) is 2.54. The second-order valence-electron chi connectivity index (χ2n) is 5.71. The Morgan fingerprint density at radius 2 is 1.81 bits per heavy atom. The molecule has 2 heterocycles. The van der Waals surface area contributed by atoms with Crippen LogP contribution >= 0.6 is 11.3 Å². The normalized spacial score (nSPS) is 11.0. The standard InChI is InChI=1S/C21H15N3O2S.H2/c25-20(23-17-8-6-16(7-9-17)21-24-22-14-26-21)13-11-18-10-12-19(27-18)15-4-2-1-3-5-15;/h1-14H,(H,23,25);1H/b13-11+;. The van der Waals surface area contributed by atoms with Gasteiger partial charge in [0.05, 0.1) is 0 Å². The highest BCUT2D eigenvalue weighted by molar-refractivity contribution is 7.16. The Morgan fingerprint density at radius 1 is 1.00 bits per heavy atom. The number of amides is 1. The first kappa shape index (κ1) is 16.9. The van der Waals surface area contributed by atoms with Crippen molar-refractivity contribution in [2.45, 2.75) is 0 Å². The maximum Gasteiger partial charge on any atom is 0.248 e. The van der Waals surface area contributed by atoms with Gasteiger partial charge in [0.2, 0.25) is 18.2 Å². The second-order valence-corrected chi connectivity index (χ2v) is 6.83. The Morgan fingerprint density at radius 3 is 2.56 bits per heavy atom. The van der Waals surface area contributed by atoms with Gasteiger partial charge >= 0.3 is 0 Å². The zero-order valence-electron chi connectivity index (χ0n) is 14.2. The van der Waals surface area contributed by atoms with Crippen LogP contribution in [0, 0.1) is 0 Å². The summed E-state index contributed by atoms with van der Waals surface area (Å²) in [4.78, 5) is 14.3. The largest absolute Gasteiger partial charge is 0.423 e. The van der Waals surface area contributed by atoms with Gasteiger partial charge in [-0.05, 0) is 48.0 Å². The van der Waals surface area contributed by atoms with Crippen LogP contribution in [-0.2, 0) is 4.79 Å². The van der Waals surface area contributed by atoms with E-state index in [4.69, 9.17) is 4.42 Å². The van der Waals surface area contributed by atoms with Gasteiger partial charge in [-0.3, -0.25) is 4.79 Å². The lowest BCUT2D eigenvalue weighted by atomic mass is 10.2. The SMILES string of the molecule is O=C(/C=C/c1ccc(-c2ccccc2)s1)Nc1ccc(-c2nnco2)cc1.[HH]. The maximum atomic E-state index is 12.1. The van der Waals surface area contributed by atoms with Gasteiger partial charge < -0.3 is 9.73 Å². The molecule has 4 rings (SSSR count). The van der Waals surface area contributed by atoms with Crippen molar-refractivity contribution in [3.8, 4) is 21.9 Å². The predicted octanol–water partition coefficient (Wildman–Crippen LogP) is 5.36. The molecule has 0 spiro atoms. The Labute approximate surface area is 161 Å². The molecule has 1 N–H and O–H groups in total. The molecule has 0 bridgehead atoms. The predicted molar refractivity (Wildman–Crippen MR) is 109 cm³/mol. The van der Waals surface area contributed by atoms with Crippen molar-refractivity contribution >= 4 is 29.0 Å². The van der Waals surface area contributed by atoms with Crippen molar-refractivity contribution < 1.29 is 10.6 Å². The highest BCUT2D eigenvalue weighted by Crippen LogP contribution is 2.28. The maximum absolute atomic E-state index is 12.1. The summed E-state index contributed by atoms with van der Waals surface area (Å²) < 4.78 is 5.14. The molecule has 6 heteroatoms. The van der Waals surface area contributed by atoms with E-state index in [0.29, 0.717) is 11.6 Å². The first-order valence-electron chi connectivity index (χ1n) is 8.29. The van der Waals surface area contributed by atoms with E-state index < -0.39 is 0 Å². The molecule has 0 fully saturated rings. The molecule has 27 heavy (non-hydrogen) atoms. The average Bonchev–Trinajstić information content (AvgIpc) is 3.40. The zero-order chi connectivity index (χ0) is 18.5. The van der Waals surface area contributed by atoms with Crippen LogP contribution in [0.3, 0.4) is 0 Å². The second kappa shape index (κ2) is 7.80. The third-order valence-electron chi connectivity index (χ3n) is 3.84. The fourth-order valence-corrected chi connectivity index (χ4v) is 3.45. The number of carbonyl (C=O) groups is 1. The smallest absolute Gasteiger partial charge is 0.248 e. The number of carbonyl (C=O) groups excluding carboxylic acids is 1. The molecule has 0 saturated heterocycles. The van der Waals surface area contributed by atoms with Crippen LogP contribution in [0.25, 0.3) is 28.0 Å². The van der Waals surface area contributed by atoms with Gasteiger partial charge in [-0.1, -0.05) is 30.3 Å². The Balaban J connectivity index is 0.00000225. The number of rotatable bonds is 5. The summed E-state index contributed by atoms with van der Waals surface area (Å²) in [5, 5.41) is 10.3. The van der Waals surface area contributed by atoms with E-state index in [1.807, 2.05) is 42.5 Å². The van der Waals surface area contributed by atoms with E-state index in [2.05, 4.69) is 33.7 Å². The molecule has 0 saturated carbocycles. The lowest BCUT2D eigenvalue weighted by Crippen LogP contribution is -2.07. The van der Waals surface area contributed by atoms with Crippen LogP contribution in [0.4, 0.5) is 5.69 Å². The van der Waals surface area contributed by atoms with Crippen molar-refractivity contribution in [3.05, 3.63) is 84.1 Å². The monoisotopic (exact) mass is 375 g/mol. The summed E-state index contributed by atoms with van der Waals surface area (Å²) in [7, 11) is 0. The highest BCUT2D eigenvalue weighted by Gasteiger charge is 2.05. The molecular formula is C21H17N3O2S. The molecule has 1 amide bonds. The van der Waals surface area contributed by atoms with E-state index in [0.717, 1.165) is 10.4 Å². The van der Waals surface area contributed by atoms with Crippen LogP contribution in [0.5, 0.6) is 0 Å². The van der Waals surface area contributed by atoms with Crippen molar-refractivity contribution in [2.24, 2.45) is 0 Å². The van der Waals surface area contributed by atoms with Crippen LogP contribution < -0.4 is 5.32 Å². The number of thiophene rings is 1. The van der Waals surface area contributed by atoms with Gasteiger partial charge in [-0.2, -0.15) is 0 Å². The minimum absolute atomic E-state index is 0. The third-order valence-corrected chi connectivity index (χ3v) is 4.94. The first-order chi connectivity index (χ1) is 13.3. The van der Waals surface area contributed by atoms with Gasteiger partial charge in [0.25, 0.3) is 0 Å². The van der Waals surface area contributed by atoms with Crippen molar-refractivity contribution in [1.29, 1.82) is 0 Å². The number of anilines is 1.